The van der Waals surface area contributed by atoms with Gasteiger partial charge in [0.1, 0.15) is 34.2 Å². The summed E-state index contributed by atoms with van der Waals surface area (Å²) in [6.07, 6.45) is -1.13. The molecule has 40 heavy (non-hydrogen) atoms. The van der Waals surface area contributed by atoms with E-state index in [4.69, 9.17) is 9.47 Å². The number of aromatic nitrogens is 3. The summed E-state index contributed by atoms with van der Waals surface area (Å²) in [5, 5.41) is 10.6. The Morgan fingerprint density at radius 1 is 0.675 bits per heavy atom. The molecule has 13 heteroatoms. The molecule has 0 atom stereocenters. The molecule has 3 aromatic rings. The normalized spacial score (nSPS) is 11.3. The first-order valence-electron chi connectivity index (χ1n) is 12.6. The standard InChI is InChI=1S/C27H35N7O6/c1-26(2,3)39-24(37)28-14-16-10-12-18(30-16)22(35)33-20-8-7-9-21(32-20)34-23(36)19-13-11-17(31-19)15-29-25(38)40-27(4,5)6/h7-13,30-31H,14-15H2,1-6H3,(H,28,37)(H,29,38)(H2,32,33,34,35,36). The number of alkyl carbamates (subject to hydrolysis) is 2. The number of H-pyrrole nitrogens is 2. The predicted molar refractivity (Wildman–Crippen MR) is 148 cm³/mol. The van der Waals surface area contributed by atoms with Crippen molar-refractivity contribution in [2.24, 2.45) is 0 Å². The van der Waals surface area contributed by atoms with Crippen LogP contribution in [0.15, 0.2) is 42.5 Å². The van der Waals surface area contributed by atoms with Crippen molar-refractivity contribution in [3.05, 3.63) is 65.2 Å². The minimum atomic E-state index is -0.614. The molecule has 4 amide bonds. The molecule has 0 fully saturated rings. The van der Waals surface area contributed by atoms with E-state index in [1.165, 1.54) is 0 Å². The van der Waals surface area contributed by atoms with Crippen molar-refractivity contribution < 1.29 is 28.7 Å². The maximum absolute atomic E-state index is 12.7. The summed E-state index contributed by atoms with van der Waals surface area (Å²) in [6.45, 7) is 10.9. The van der Waals surface area contributed by atoms with Gasteiger partial charge in [-0.3, -0.25) is 9.59 Å². The minimum absolute atomic E-state index is 0.152. The monoisotopic (exact) mass is 553 g/mol. The van der Waals surface area contributed by atoms with E-state index in [0.29, 0.717) is 11.4 Å². The average molecular weight is 554 g/mol. The first-order valence-corrected chi connectivity index (χ1v) is 12.6. The third-order valence-corrected chi connectivity index (χ3v) is 4.86. The van der Waals surface area contributed by atoms with E-state index in [0.717, 1.165) is 0 Å². The van der Waals surface area contributed by atoms with E-state index in [1.807, 2.05) is 0 Å². The number of amides is 4. The lowest BCUT2D eigenvalue weighted by atomic mass is 10.2. The molecule has 0 saturated carbocycles. The largest absolute Gasteiger partial charge is 0.444 e. The van der Waals surface area contributed by atoms with Crippen molar-refractivity contribution in [2.75, 3.05) is 10.6 Å². The molecule has 214 valence electrons. The molecule has 0 aliphatic heterocycles. The Hall–Kier alpha value is -4.81. The zero-order chi connectivity index (χ0) is 29.5. The quantitative estimate of drug-likeness (QED) is 0.241. The van der Waals surface area contributed by atoms with E-state index in [2.05, 4.69) is 36.2 Å². The van der Waals surface area contributed by atoms with Gasteiger partial charge in [0, 0.05) is 11.4 Å². The van der Waals surface area contributed by atoms with E-state index >= 15 is 0 Å². The van der Waals surface area contributed by atoms with Gasteiger partial charge >= 0.3 is 12.2 Å². The number of hydrogen-bond acceptors (Lipinski definition) is 7. The number of pyridine rings is 1. The number of carbonyl (C=O) groups excluding carboxylic acids is 4. The number of hydrogen-bond donors (Lipinski definition) is 6. The van der Waals surface area contributed by atoms with E-state index in [-0.39, 0.29) is 36.1 Å². The van der Waals surface area contributed by atoms with Crippen LogP contribution in [0.4, 0.5) is 21.2 Å². The van der Waals surface area contributed by atoms with E-state index < -0.39 is 35.2 Å². The van der Waals surface area contributed by atoms with Gasteiger partial charge in [0.05, 0.1) is 13.1 Å². The van der Waals surface area contributed by atoms with Crippen molar-refractivity contribution in [1.29, 1.82) is 0 Å². The predicted octanol–water partition coefficient (Wildman–Crippen LogP) is 4.29. The molecule has 0 unspecified atom stereocenters. The van der Waals surface area contributed by atoms with Gasteiger partial charge in [-0.15, -0.1) is 0 Å². The molecule has 3 rings (SSSR count). The van der Waals surface area contributed by atoms with Gasteiger partial charge < -0.3 is 40.7 Å². The maximum atomic E-state index is 12.7. The van der Waals surface area contributed by atoms with Crippen molar-refractivity contribution in [1.82, 2.24) is 25.6 Å². The lowest BCUT2D eigenvalue weighted by Gasteiger charge is -2.19. The molecule has 13 nitrogen and oxygen atoms in total. The van der Waals surface area contributed by atoms with Crippen LogP contribution >= 0.6 is 0 Å². The van der Waals surface area contributed by atoms with Crippen LogP contribution in [0.2, 0.25) is 0 Å². The van der Waals surface area contributed by atoms with Crippen molar-refractivity contribution >= 4 is 35.6 Å². The number of ether oxygens (including phenoxy) is 2. The van der Waals surface area contributed by atoms with Gasteiger partial charge in [-0.2, -0.15) is 0 Å². The number of carbonyl (C=O) groups is 4. The molecule has 0 radical (unpaired) electrons. The third-order valence-electron chi connectivity index (χ3n) is 4.86. The Morgan fingerprint density at radius 2 is 1.07 bits per heavy atom. The van der Waals surface area contributed by atoms with Crippen LogP contribution in [0.3, 0.4) is 0 Å². The highest BCUT2D eigenvalue weighted by atomic mass is 16.6. The Balaban J connectivity index is 1.52. The first-order chi connectivity index (χ1) is 18.7. The average Bonchev–Trinajstić information content (AvgIpc) is 3.50. The summed E-state index contributed by atoms with van der Waals surface area (Å²) in [4.78, 5) is 59.1. The molecule has 0 spiro atoms. The molecule has 0 bridgehead atoms. The molecular weight excluding hydrogens is 518 g/mol. The summed E-state index contributed by atoms with van der Waals surface area (Å²) < 4.78 is 10.4. The summed E-state index contributed by atoms with van der Waals surface area (Å²) in [7, 11) is 0. The molecular formula is C27H35N7O6. The van der Waals surface area contributed by atoms with E-state index in [1.54, 1.807) is 84.0 Å². The second kappa shape index (κ2) is 12.4. The Kier molecular flexibility index (Phi) is 9.19. The van der Waals surface area contributed by atoms with Gasteiger partial charge in [-0.05, 0) is 77.9 Å². The van der Waals surface area contributed by atoms with Crippen LogP contribution in [0.5, 0.6) is 0 Å². The van der Waals surface area contributed by atoms with Gasteiger partial charge in [-0.1, -0.05) is 6.07 Å². The SMILES string of the molecule is CC(C)(C)OC(=O)NCc1ccc(C(=O)Nc2cccc(NC(=O)c3ccc(CNC(=O)OC(C)(C)C)[nH]3)n2)[nH]1. The fraction of sp³-hybridized carbons (Fsp3) is 0.370. The van der Waals surface area contributed by atoms with Crippen LogP contribution in [0.25, 0.3) is 0 Å². The fourth-order valence-electron chi connectivity index (χ4n) is 3.26. The van der Waals surface area contributed by atoms with Gasteiger partial charge in [0.25, 0.3) is 11.8 Å². The molecule has 0 saturated heterocycles. The fourth-order valence-corrected chi connectivity index (χ4v) is 3.26. The smallest absolute Gasteiger partial charge is 0.407 e. The molecule has 3 aromatic heterocycles. The van der Waals surface area contributed by atoms with Crippen molar-refractivity contribution in [2.45, 2.75) is 65.8 Å². The van der Waals surface area contributed by atoms with Crippen LogP contribution in [-0.4, -0.2) is 50.2 Å². The first kappa shape index (κ1) is 29.7. The van der Waals surface area contributed by atoms with Crippen molar-refractivity contribution in [3.8, 4) is 0 Å². The number of rotatable bonds is 8. The molecule has 6 N–H and O–H groups in total. The van der Waals surface area contributed by atoms with Gasteiger partial charge in [0.15, 0.2) is 0 Å². The zero-order valence-corrected chi connectivity index (χ0v) is 23.4. The van der Waals surface area contributed by atoms with Gasteiger partial charge in [-0.25, -0.2) is 14.6 Å². The van der Waals surface area contributed by atoms with Crippen LogP contribution < -0.4 is 21.3 Å². The highest BCUT2D eigenvalue weighted by Gasteiger charge is 2.18. The van der Waals surface area contributed by atoms with Crippen LogP contribution in [0, 0.1) is 0 Å². The Labute approximate surface area is 231 Å². The number of nitrogens with zero attached hydrogens (tertiary/aromatic N) is 1. The second-order valence-corrected chi connectivity index (χ2v) is 10.8. The number of anilines is 2. The molecule has 3 heterocycles. The topological polar surface area (TPSA) is 179 Å². The summed E-state index contributed by atoms with van der Waals surface area (Å²) >= 11 is 0. The van der Waals surface area contributed by atoms with Gasteiger partial charge in [0.2, 0.25) is 0 Å². The minimum Gasteiger partial charge on any atom is -0.444 e. The van der Waals surface area contributed by atoms with Crippen LogP contribution in [0.1, 0.15) is 73.9 Å². The summed E-state index contributed by atoms with van der Waals surface area (Å²) in [5.41, 5.74) is 0.508. The molecule has 0 aromatic carbocycles. The van der Waals surface area contributed by atoms with Crippen LogP contribution in [-0.2, 0) is 22.6 Å². The summed E-state index contributed by atoms with van der Waals surface area (Å²) in [6, 6.07) is 11.3. The maximum Gasteiger partial charge on any atom is 0.407 e. The lowest BCUT2D eigenvalue weighted by Crippen LogP contribution is -2.32. The number of nitrogens with one attached hydrogen (secondary N) is 6. The lowest BCUT2D eigenvalue weighted by molar-refractivity contribution is 0.0511. The molecule has 0 aliphatic carbocycles. The second-order valence-electron chi connectivity index (χ2n) is 10.8. The zero-order valence-electron chi connectivity index (χ0n) is 23.4. The summed E-state index contributed by atoms with van der Waals surface area (Å²) in [5.74, 6) is -0.462. The molecule has 0 aliphatic rings. The number of aromatic amines is 2. The Bertz CT molecular complexity index is 1260. The Morgan fingerprint density at radius 3 is 1.45 bits per heavy atom. The van der Waals surface area contributed by atoms with Crippen molar-refractivity contribution in [3.63, 3.8) is 0 Å². The van der Waals surface area contributed by atoms with E-state index in [9.17, 15) is 19.2 Å². The highest BCUT2D eigenvalue weighted by molar-refractivity contribution is 6.04. The third kappa shape index (κ3) is 9.82. The highest BCUT2D eigenvalue weighted by Crippen LogP contribution is 2.14.